The quantitative estimate of drug-likeness (QED) is 0.0726. The summed E-state index contributed by atoms with van der Waals surface area (Å²) in [7, 11) is 3.28. The number of thiophene rings is 2. The first-order valence-corrected chi connectivity index (χ1v) is 26.0. The highest BCUT2D eigenvalue weighted by Gasteiger charge is 2.40. The Hall–Kier alpha value is -6.94. The average molecular weight is 1090 g/mol. The molecule has 5 aromatic heterocycles. The number of para-hydroxylation sites is 3. The number of amides is 1. The number of nitrogens with two attached hydrogens (primary N) is 1. The monoisotopic (exact) mass is 1090 g/mol. The van der Waals surface area contributed by atoms with Crippen LogP contribution in [-0.2, 0) is 29.4 Å². The van der Waals surface area contributed by atoms with Gasteiger partial charge in [-0.25, -0.2) is 28.3 Å². The standard InChI is InChI=1S/C23H19FN4O3S3.C9H6FNO3.C9H7NOS2.C6H7NO2S.H3N/c1-13-25-17(12-32-13)20-9-10-21(33-20)22-27(2)18-8-7-14(24)11-15(18)23(29)28(22)19-6-4-3-5-16(19)26-34(30)31;1-11-7-3-2-5(10)4-6(7)8(12)14-9(11)13;1-6-10-8(5-12-6)9-3-2-7(4-11)13-9;7-5-3-1-2-4-6(5)10(8)9;/h3-12,22,26H,1-2H3,(H,30,31);2-4H,1H3;2-5H,1H3;1-4H,7H2,(H,8,9);1H3/p-2. The van der Waals surface area contributed by atoms with Gasteiger partial charge < -0.3 is 35.0 Å². The lowest BCUT2D eigenvalue weighted by molar-refractivity contribution is 0.0969. The van der Waals surface area contributed by atoms with Crippen LogP contribution in [0.25, 0.3) is 32.0 Å². The number of aryl methyl sites for hydroxylation is 3. The highest BCUT2D eigenvalue weighted by atomic mass is 32.2. The van der Waals surface area contributed by atoms with Crippen molar-refractivity contribution < 1.29 is 40.3 Å². The van der Waals surface area contributed by atoms with E-state index in [1.807, 2.05) is 60.8 Å². The molecule has 6 N–H and O–H groups in total. The number of nitrogens with zero attached hydrogens (tertiary/aromatic N) is 5. The highest BCUT2D eigenvalue weighted by molar-refractivity contribution is 7.80. The number of rotatable bonds is 8. The second-order valence-electron chi connectivity index (χ2n) is 14.8. The van der Waals surface area contributed by atoms with Gasteiger partial charge in [0.25, 0.3) is 5.91 Å². The maximum absolute atomic E-state index is 14.1. The number of fused-ring (bicyclic) bond motifs is 2. The van der Waals surface area contributed by atoms with Crippen LogP contribution < -0.4 is 37.8 Å². The first-order chi connectivity index (χ1) is 33.9. The fraction of sp³-hybridized carbons (Fsp3) is 0.106. The minimum atomic E-state index is -2.59. The minimum absolute atomic E-state index is 0. The third-order valence-electron chi connectivity index (χ3n) is 10.2. The molecular weight excluding hydrogens is 1050 g/mol. The summed E-state index contributed by atoms with van der Waals surface area (Å²) in [4.78, 5) is 62.5. The van der Waals surface area contributed by atoms with Crippen molar-refractivity contribution in [3.05, 3.63) is 178 Å². The van der Waals surface area contributed by atoms with Gasteiger partial charge in [-0.2, -0.15) is 0 Å². The zero-order valence-corrected chi connectivity index (χ0v) is 43.0. The van der Waals surface area contributed by atoms with Gasteiger partial charge in [0.05, 0.1) is 69.6 Å². The maximum atomic E-state index is 14.1. The Bertz CT molecular complexity index is 3570. The Balaban J connectivity index is 0.000000182. The number of halogens is 2. The zero-order chi connectivity index (χ0) is 51.1. The lowest BCUT2D eigenvalue weighted by Crippen LogP contribution is -2.48. The first-order valence-electron chi connectivity index (χ1n) is 20.5. The van der Waals surface area contributed by atoms with Crippen LogP contribution in [0.5, 0.6) is 0 Å². The van der Waals surface area contributed by atoms with Crippen LogP contribution in [0, 0.1) is 25.5 Å². The van der Waals surface area contributed by atoms with E-state index in [-0.39, 0.29) is 33.4 Å². The van der Waals surface area contributed by atoms with E-state index >= 15 is 0 Å². The fourth-order valence-corrected chi connectivity index (χ4v) is 11.1. The van der Waals surface area contributed by atoms with E-state index in [2.05, 4.69) is 19.1 Å². The Labute approximate surface area is 430 Å². The summed E-state index contributed by atoms with van der Waals surface area (Å²) in [6.45, 7) is 3.92. The van der Waals surface area contributed by atoms with Gasteiger partial charge in [-0.1, -0.05) is 24.3 Å². The predicted octanol–water partition coefficient (Wildman–Crippen LogP) is 9.61. The lowest BCUT2D eigenvalue weighted by atomic mass is 10.0. The Kier molecular flexibility index (Phi) is 18.1. The van der Waals surface area contributed by atoms with Crippen molar-refractivity contribution in [2.45, 2.75) is 24.9 Å². The number of hydrogen-bond donors (Lipinski definition) is 3. The number of nitrogen functional groups attached to an aromatic ring is 1. The van der Waals surface area contributed by atoms with Gasteiger partial charge >= 0.3 is 11.4 Å². The molecule has 0 radical (unpaired) electrons. The molecule has 6 heterocycles. The van der Waals surface area contributed by atoms with Crippen LogP contribution in [0.3, 0.4) is 0 Å². The fourth-order valence-electron chi connectivity index (χ4n) is 6.99. The van der Waals surface area contributed by atoms with Crippen molar-refractivity contribution in [3.8, 4) is 21.1 Å². The van der Waals surface area contributed by atoms with Gasteiger partial charge in [0.1, 0.15) is 17.8 Å². The van der Waals surface area contributed by atoms with Crippen LogP contribution in [0.15, 0.2) is 139 Å². The molecule has 0 fully saturated rings. The van der Waals surface area contributed by atoms with Crippen molar-refractivity contribution >= 4 is 114 Å². The maximum Gasteiger partial charge on any atom is 0.422 e. The average Bonchev–Trinajstić information content (AvgIpc) is 4.19. The molecule has 17 nitrogen and oxygen atoms in total. The highest BCUT2D eigenvalue weighted by Crippen LogP contribution is 2.45. The van der Waals surface area contributed by atoms with E-state index in [4.69, 9.17) is 5.73 Å². The van der Waals surface area contributed by atoms with Gasteiger partial charge in [0.15, 0.2) is 6.29 Å². The van der Waals surface area contributed by atoms with Crippen molar-refractivity contribution in [1.82, 2.24) is 20.7 Å². The molecule has 10 rings (SSSR count). The van der Waals surface area contributed by atoms with Gasteiger partial charge in [-0.05, 0) is 110 Å². The molecule has 0 spiro atoms. The molecule has 25 heteroatoms. The molecule has 0 saturated carbocycles. The van der Waals surface area contributed by atoms with E-state index in [0.29, 0.717) is 16.9 Å². The summed E-state index contributed by atoms with van der Waals surface area (Å²) in [5.74, 6) is -2.25. The summed E-state index contributed by atoms with van der Waals surface area (Å²) in [6.07, 6.45) is 0.278. The molecule has 374 valence electrons. The molecule has 4 aromatic carbocycles. The lowest BCUT2D eigenvalue weighted by Gasteiger charge is -2.44. The SMILES string of the molecule is Cc1nc(-c2ccc(C3N(C)c4ccc(F)cc4C(=O)N3c3ccccc3NS(=O)[O-])s2)cs1.Cc1nc(-c2ccc(C=O)s2)cs1.Cn1c(=O)oc(=O)c2cc(F)ccc21.N.Nc1ccccc1S(=O)[O-]. The molecule has 72 heavy (non-hydrogen) atoms. The number of anilines is 4. The number of aromatic nitrogens is 3. The molecule has 0 bridgehead atoms. The third kappa shape index (κ3) is 12.6. The molecule has 1 aliphatic rings. The van der Waals surface area contributed by atoms with Crippen LogP contribution in [0.2, 0.25) is 0 Å². The zero-order valence-electron chi connectivity index (χ0n) is 38.1. The molecule has 3 atom stereocenters. The predicted molar refractivity (Wildman–Crippen MR) is 280 cm³/mol. The van der Waals surface area contributed by atoms with Crippen molar-refractivity contribution in [2.24, 2.45) is 7.05 Å². The van der Waals surface area contributed by atoms with Crippen molar-refractivity contribution in [3.63, 3.8) is 0 Å². The summed E-state index contributed by atoms with van der Waals surface area (Å²) in [6, 6.07) is 28.3. The summed E-state index contributed by atoms with van der Waals surface area (Å²) in [5, 5.41) is 6.07. The van der Waals surface area contributed by atoms with E-state index in [9.17, 15) is 45.5 Å². The van der Waals surface area contributed by atoms with E-state index in [1.54, 1.807) is 71.2 Å². The number of carbonyl (C=O) groups excluding carboxylic acids is 2. The van der Waals surface area contributed by atoms with Crippen LogP contribution in [0.4, 0.5) is 31.5 Å². The molecular formula is C47H40F2N8O9S6-2. The van der Waals surface area contributed by atoms with Gasteiger partial charge in [0.2, 0.25) is 0 Å². The van der Waals surface area contributed by atoms with Gasteiger partial charge in [-0.3, -0.25) is 27.5 Å². The summed E-state index contributed by atoms with van der Waals surface area (Å²) >= 11 is 1.35. The Morgan fingerprint density at radius 2 is 1.39 bits per heavy atom. The van der Waals surface area contributed by atoms with Crippen molar-refractivity contribution in [2.75, 3.05) is 27.3 Å². The number of aldehydes is 1. The van der Waals surface area contributed by atoms with Crippen LogP contribution in [-0.4, -0.2) is 51.3 Å². The summed E-state index contributed by atoms with van der Waals surface area (Å²) < 4.78 is 78.3. The number of carbonyl (C=O) groups is 2. The molecule has 1 aliphatic heterocycles. The van der Waals surface area contributed by atoms with E-state index in [0.717, 1.165) is 57.8 Å². The Morgan fingerprint density at radius 1 is 0.778 bits per heavy atom. The smallest absolute Gasteiger partial charge is 0.422 e. The normalized spacial score (nSPS) is 13.5. The minimum Gasteiger partial charge on any atom is -0.768 e. The van der Waals surface area contributed by atoms with Crippen molar-refractivity contribution in [1.29, 1.82) is 0 Å². The number of nitrogens with one attached hydrogen (secondary N) is 1. The van der Waals surface area contributed by atoms with Gasteiger partial charge in [0, 0.05) is 51.6 Å². The first kappa shape index (κ1) is 54.4. The van der Waals surface area contributed by atoms with Crippen LogP contribution in [0.1, 0.15) is 41.1 Å². The third-order valence-corrected chi connectivity index (χ3v) is 15.1. The van der Waals surface area contributed by atoms with E-state index < -0.39 is 57.4 Å². The topological polar surface area (TPSA) is 272 Å². The van der Waals surface area contributed by atoms with Crippen LogP contribution >= 0.6 is 45.3 Å². The number of hydrogen-bond acceptors (Lipinski definition) is 18. The molecule has 0 aliphatic carbocycles. The number of benzene rings is 4. The molecule has 3 unspecified atom stereocenters. The second-order valence-corrected chi connectivity index (χ2v) is 20.8. The largest absolute Gasteiger partial charge is 0.768 e. The van der Waals surface area contributed by atoms with Gasteiger partial charge in [-0.15, -0.1) is 45.3 Å². The second kappa shape index (κ2) is 24.0. The molecule has 1 amide bonds. The molecule has 0 saturated heterocycles. The Morgan fingerprint density at radius 3 is 1.99 bits per heavy atom. The van der Waals surface area contributed by atoms with E-state index in [1.165, 1.54) is 65.0 Å². The number of thiazole rings is 2. The molecule has 9 aromatic rings. The summed E-state index contributed by atoms with van der Waals surface area (Å²) in [5.41, 5.74) is 8.38.